The van der Waals surface area contributed by atoms with Gasteiger partial charge in [-0.25, -0.2) is 5.43 Å². The fourth-order valence-electron chi connectivity index (χ4n) is 2.42. The summed E-state index contributed by atoms with van der Waals surface area (Å²) in [6, 6.07) is 19.3. The predicted octanol–water partition coefficient (Wildman–Crippen LogP) is 5.15. The largest absolute Gasteiger partial charge is 0.507 e. The zero-order valence-corrected chi connectivity index (χ0v) is 16.9. The lowest BCUT2D eigenvalue weighted by Gasteiger charge is -2.09. The number of para-hydroxylation sites is 1. The van der Waals surface area contributed by atoms with E-state index < -0.39 is 5.91 Å². The predicted molar refractivity (Wildman–Crippen MR) is 113 cm³/mol. The molecule has 3 rings (SSSR count). The zero-order valence-electron chi connectivity index (χ0n) is 14.6. The fourth-order valence-corrected chi connectivity index (χ4v) is 2.99. The second-order valence-electron chi connectivity index (χ2n) is 5.82. The Morgan fingerprint density at radius 2 is 1.96 bits per heavy atom. The number of hydrogen-bond acceptors (Lipinski definition) is 4. The molecule has 142 valence electrons. The molecule has 0 radical (unpaired) electrons. The van der Waals surface area contributed by atoms with Gasteiger partial charge in [-0.1, -0.05) is 51.8 Å². The van der Waals surface area contributed by atoms with Crippen LogP contribution in [0.2, 0.25) is 5.02 Å². The maximum absolute atomic E-state index is 12.2. The van der Waals surface area contributed by atoms with Gasteiger partial charge in [0.1, 0.15) is 18.1 Å². The molecule has 0 saturated heterocycles. The molecule has 0 spiro atoms. The van der Waals surface area contributed by atoms with E-state index in [9.17, 15) is 9.90 Å². The molecule has 0 bridgehead atoms. The Bertz CT molecular complexity index is 1020. The number of nitrogens with one attached hydrogen (secondary N) is 1. The number of phenolic OH excluding ortho intramolecular Hbond substituents is 1. The van der Waals surface area contributed by atoms with E-state index in [0.29, 0.717) is 27.4 Å². The Hall–Kier alpha value is -2.83. The van der Waals surface area contributed by atoms with E-state index in [4.69, 9.17) is 16.3 Å². The highest BCUT2D eigenvalue weighted by molar-refractivity contribution is 9.10. The second-order valence-corrected chi connectivity index (χ2v) is 7.17. The van der Waals surface area contributed by atoms with E-state index >= 15 is 0 Å². The van der Waals surface area contributed by atoms with E-state index in [-0.39, 0.29) is 11.3 Å². The molecule has 1 amide bonds. The summed E-state index contributed by atoms with van der Waals surface area (Å²) in [6.45, 7) is 0.351. The minimum Gasteiger partial charge on any atom is -0.507 e. The van der Waals surface area contributed by atoms with Gasteiger partial charge in [0.2, 0.25) is 0 Å². The van der Waals surface area contributed by atoms with Crippen molar-refractivity contribution in [3.8, 4) is 11.5 Å². The minimum atomic E-state index is -0.521. The average molecular weight is 460 g/mol. The number of carbonyl (C=O) groups excluding carboxylic acids is 1. The van der Waals surface area contributed by atoms with Crippen LogP contribution in [0.4, 0.5) is 0 Å². The third-order valence-corrected chi connectivity index (χ3v) is 4.50. The van der Waals surface area contributed by atoms with Crippen LogP contribution in [-0.4, -0.2) is 17.2 Å². The monoisotopic (exact) mass is 458 g/mol. The summed E-state index contributed by atoms with van der Waals surface area (Å²) in [5, 5.41) is 14.4. The number of hydrazone groups is 1. The topological polar surface area (TPSA) is 70.9 Å². The number of phenols is 1. The van der Waals surface area contributed by atoms with Crippen LogP contribution in [0.25, 0.3) is 0 Å². The standard InChI is InChI=1S/C21H16BrClN2O3/c22-16-8-9-19(26)18(11-16)21(27)25-24-12-15-5-1-2-7-20(15)28-13-14-4-3-6-17(23)10-14/h1-12,26H,13H2,(H,25,27)/b24-12+. The van der Waals surface area contributed by atoms with Crippen LogP contribution in [0.15, 0.2) is 76.3 Å². The number of ether oxygens (including phenoxy) is 1. The van der Waals surface area contributed by atoms with Gasteiger partial charge >= 0.3 is 0 Å². The molecule has 2 N–H and O–H groups in total. The first-order chi connectivity index (χ1) is 13.5. The van der Waals surface area contributed by atoms with Gasteiger partial charge in [-0.05, 0) is 48.0 Å². The average Bonchev–Trinajstić information content (AvgIpc) is 2.69. The Morgan fingerprint density at radius 3 is 2.79 bits per heavy atom. The first-order valence-electron chi connectivity index (χ1n) is 8.31. The summed E-state index contributed by atoms with van der Waals surface area (Å²) in [5.74, 6) is -0.0284. The Balaban J connectivity index is 1.67. The quantitative estimate of drug-likeness (QED) is 0.395. The molecular formula is C21H16BrClN2O3. The summed E-state index contributed by atoms with van der Waals surface area (Å²) >= 11 is 9.26. The van der Waals surface area contributed by atoms with Crippen molar-refractivity contribution in [2.24, 2.45) is 5.10 Å². The number of amides is 1. The third kappa shape index (κ3) is 5.34. The molecule has 0 fully saturated rings. The van der Waals surface area contributed by atoms with Gasteiger partial charge in [-0.15, -0.1) is 0 Å². The van der Waals surface area contributed by atoms with E-state index in [0.717, 1.165) is 5.56 Å². The highest BCUT2D eigenvalue weighted by Crippen LogP contribution is 2.22. The molecule has 0 aromatic heterocycles. The lowest BCUT2D eigenvalue weighted by Crippen LogP contribution is -2.17. The van der Waals surface area contributed by atoms with Crippen LogP contribution in [0, 0.1) is 0 Å². The lowest BCUT2D eigenvalue weighted by molar-refractivity contribution is 0.0952. The molecule has 0 heterocycles. The van der Waals surface area contributed by atoms with Crippen LogP contribution in [-0.2, 0) is 6.61 Å². The minimum absolute atomic E-state index is 0.122. The van der Waals surface area contributed by atoms with Crippen molar-refractivity contribution < 1.29 is 14.6 Å². The maximum atomic E-state index is 12.2. The number of hydrogen-bond donors (Lipinski definition) is 2. The van der Waals surface area contributed by atoms with Crippen LogP contribution in [0.1, 0.15) is 21.5 Å². The van der Waals surface area contributed by atoms with Crippen molar-refractivity contribution in [3.63, 3.8) is 0 Å². The zero-order chi connectivity index (χ0) is 19.9. The summed E-state index contributed by atoms with van der Waals surface area (Å²) in [6.07, 6.45) is 1.49. The summed E-state index contributed by atoms with van der Waals surface area (Å²) < 4.78 is 6.53. The molecular weight excluding hydrogens is 444 g/mol. The van der Waals surface area contributed by atoms with Crippen molar-refractivity contribution >= 4 is 39.7 Å². The highest BCUT2D eigenvalue weighted by atomic mass is 79.9. The maximum Gasteiger partial charge on any atom is 0.275 e. The summed E-state index contributed by atoms with van der Waals surface area (Å²) in [5.41, 5.74) is 4.16. The van der Waals surface area contributed by atoms with Crippen LogP contribution < -0.4 is 10.2 Å². The Kier molecular flexibility index (Phi) is 6.68. The number of aromatic hydroxyl groups is 1. The third-order valence-electron chi connectivity index (χ3n) is 3.78. The smallest absolute Gasteiger partial charge is 0.275 e. The number of halogens is 2. The molecule has 0 aliphatic heterocycles. The van der Waals surface area contributed by atoms with Gasteiger partial charge in [-0.2, -0.15) is 5.10 Å². The molecule has 28 heavy (non-hydrogen) atoms. The molecule has 5 nitrogen and oxygen atoms in total. The molecule has 3 aromatic rings. The van der Waals surface area contributed by atoms with Crippen molar-refractivity contribution in [1.29, 1.82) is 0 Å². The molecule has 0 atom stereocenters. The van der Waals surface area contributed by atoms with Gasteiger partial charge in [0, 0.05) is 15.1 Å². The molecule has 3 aromatic carbocycles. The normalized spacial score (nSPS) is 10.8. The number of nitrogens with zero attached hydrogens (tertiary/aromatic N) is 1. The molecule has 7 heteroatoms. The van der Waals surface area contributed by atoms with Crippen molar-refractivity contribution in [1.82, 2.24) is 5.43 Å². The van der Waals surface area contributed by atoms with Gasteiger partial charge in [0.25, 0.3) is 5.91 Å². The Morgan fingerprint density at radius 1 is 1.14 bits per heavy atom. The van der Waals surface area contributed by atoms with Gasteiger partial charge in [0.05, 0.1) is 11.8 Å². The molecule has 0 aliphatic rings. The fraction of sp³-hybridized carbons (Fsp3) is 0.0476. The van der Waals surface area contributed by atoms with Gasteiger partial charge < -0.3 is 9.84 Å². The van der Waals surface area contributed by atoms with Crippen LogP contribution in [0.5, 0.6) is 11.5 Å². The van der Waals surface area contributed by atoms with E-state index in [1.807, 2.05) is 42.5 Å². The van der Waals surface area contributed by atoms with Crippen molar-refractivity contribution in [2.45, 2.75) is 6.61 Å². The van der Waals surface area contributed by atoms with Gasteiger partial charge in [-0.3, -0.25) is 4.79 Å². The summed E-state index contributed by atoms with van der Waals surface area (Å²) in [4.78, 5) is 12.2. The summed E-state index contributed by atoms with van der Waals surface area (Å²) in [7, 11) is 0. The van der Waals surface area contributed by atoms with Crippen molar-refractivity contribution in [2.75, 3.05) is 0 Å². The van der Waals surface area contributed by atoms with Gasteiger partial charge in [0.15, 0.2) is 0 Å². The lowest BCUT2D eigenvalue weighted by atomic mass is 10.2. The van der Waals surface area contributed by atoms with Crippen molar-refractivity contribution in [3.05, 3.63) is 92.9 Å². The van der Waals surface area contributed by atoms with E-state index in [2.05, 4.69) is 26.5 Å². The van der Waals surface area contributed by atoms with E-state index in [1.54, 1.807) is 12.1 Å². The molecule has 0 unspecified atom stereocenters. The van der Waals surface area contributed by atoms with Crippen LogP contribution in [0.3, 0.4) is 0 Å². The molecule has 0 saturated carbocycles. The second kappa shape index (κ2) is 9.39. The first kappa shape index (κ1) is 19.9. The Labute approximate surface area is 175 Å². The highest BCUT2D eigenvalue weighted by Gasteiger charge is 2.10. The first-order valence-corrected chi connectivity index (χ1v) is 9.48. The number of carbonyl (C=O) groups is 1. The van der Waals surface area contributed by atoms with E-state index in [1.165, 1.54) is 18.3 Å². The number of rotatable bonds is 6. The van der Waals surface area contributed by atoms with Crippen LogP contribution >= 0.6 is 27.5 Å². The molecule has 0 aliphatic carbocycles. The number of benzene rings is 3. The SMILES string of the molecule is O=C(N/N=C/c1ccccc1OCc1cccc(Cl)c1)c1cc(Br)ccc1O.